The lowest BCUT2D eigenvalue weighted by Gasteiger charge is -2.26. The van der Waals surface area contributed by atoms with Crippen LogP contribution in [0.25, 0.3) is 0 Å². The molecule has 3 atom stereocenters. The minimum atomic E-state index is -0.198. The lowest BCUT2D eigenvalue weighted by Crippen LogP contribution is -2.45. The van der Waals surface area contributed by atoms with Gasteiger partial charge in [0.05, 0.1) is 6.10 Å². The van der Waals surface area contributed by atoms with Gasteiger partial charge in [0.1, 0.15) is 0 Å². The highest BCUT2D eigenvalue weighted by Gasteiger charge is 2.48. The fourth-order valence-corrected chi connectivity index (χ4v) is 2.27. The highest BCUT2D eigenvalue weighted by atomic mass is 35.5. The summed E-state index contributed by atoms with van der Waals surface area (Å²) >= 11 is 0. The third-order valence-electron chi connectivity index (χ3n) is 2.91. The van der Waals surface area contributed by atoms with Crippen molar-refractivity contribution in [2.45, 2.75) is 37.3 Å². The molecular weight excluding hydrogens is 150 g/mol. The third-order valence-corrected chi connectivity index (χ3v) is 2.91. The summed E-state index contributed by atoms with van der Waals surface area (Å²) < 4.78 is 0. The molecule has 2 fully saturated rings. The van der Waals surface area contributed by atoms with Crippen molar-refractivity contribution in [2.75, 3.05) is 0 Å². The molecule has 0 aromatic heterocycles. The van der Waals surface area contributed by atoms with Gasteiger partial charge in [-0.1, -0.05) is 0 Å². The van der Waals surface area contributed by atoms with Crippen LogP contribution in [0.15, 0.2) is 0 Å². The van der Waals surface area contributed by atoms with Crippen molar-refractivity contribution in [1.82, 2.24) is 0 Å². The minimum Gasteiger partial charge on any atom is -0.391 e. The third kappa shape index (κ3) is 0.949. The molecule has 0 radical (unpaired) electrons. The van der Waals surface area contributed by atoms with E-state index in [4.69, 9.17) is 5.73 Å². The molecule has 60 valence electrons. The Kier molecular flexibility index (Phi) is 1.96. The molecule has 3 N–H and O–H groups in total. The molecule has 0 saturated heterocycles. The van der Waals surface area contributed by atoms with E-state index in [1.807, 2.05) is 0 Å². The summed E-state index contributed by atoms with van der Waals surface area (Å²) in [7, 11) is 0. The van der Waals surface area contributed by atoms with Crippen LogP contribution in [-0.2, 0) is 0 Å². The van der Waals surface area contributed by atoms with Gasteiger partial charge in [0.25, 0.3) is 0 Å². The van der Waals surface area contributed by atoms with Crippen LogP contribution >= 0.6 is 12.4 Å². The molecule has 0 heterocycles. The Morgan fingerprint density at radius 2 is 2.20 bits per heavy atom. The first-order chi connectivity index (χ1) is 4.21. The van der Waals surface area contributed by atoms with Gasteiger partial charge in [-0.05, 0) is 31.6 Å². The largest absolute Gasteiger partial charge is 0.391 e. The number of hydrogen-bond donors (Lipinski definition) is 2. The van der Waals surface area contributed by atoms with Crippen LogP contribution in [0.5, 0.6) is 0 Å². The fourth-order valence-electron chi connectivity index (χ4n) is 2.27. The Labute approximate surface area is 67.2 Å². The second kappa shape index (κ2) is 2.36. The first kappa shape index (κ1) is 8.31. The van der Waals surface area contributed by atoms with E-state index in [0.29, 0.717) is 0 Å². The number of nitrogens with two attached hydrogens (primary N) is 1. The molecule has 2 aliphatic carbocycles. The monoisotopic (exact) mass is 163 g/mol. The molecular formula is C7H14ClNO. The van der Waals surface area contributed by atoms with Gasteiger partial charge in [0.2, 0.25) is 0 Å². The van der Waals surface area contributed by atoms with Crippen LogP contribution in [0.4, 0.5) is 0 Å². The highest BCUT2D eigenvalue weighted by molar-refractivity contribution is 5.85. The van der Waals surface area contributed by atoms with Gasteiger partial charge in [-0.3, -0.25) is 0 Å². The van der Waals surface area contributed by atoms with E-state index in [2.05, 4.69) is 0 Å². The fraction of sp³-hybridized carbons (Fsp3) is 1.00. The smallest absolute Gasteiger partial charge is 0.0722 e. The Balaban J connectivity index is 0.000000500. The standard InChI is InChI=1S/C7H13NO.ClH/c8-7-2-1-5(4-7)3-6(7)9;/h5-6,9H,1-4,8H2;1H/t5-,6+,7+;/m1./s1. The van der Waals surface area contributed by atoms with E-state index in [1.165, 1.54) is 6.42 Å². The summed E-state index contributed by atoms with van der Waals surface area (Å²) in [5.74, 6) is 0.741. The van der Waals surface area contributed by atoms with Crippen molar-refractivity contribution < 1.29 is 5.11 Å². The molecule has 2 saturated carbocycles. The molecule has 0 aromatic carbocycles. The van der Waals surface area contributed by atoms with Crippen LogP contribution in [0.1, 0.15) is 25.7 Å². The topological polar surface area (TPSA) is 46.2 Å². The highest BCUT2D eigenvalue weighted by Crippen LogP contribution is 2.45. The van der Waals surface area contributed by atoms with E-state index >= 15 is 0 Å². The van der Waals surface area contributed by atoms with E-state index in [1.54, 1.807) is 0 Å². The summed E-state index contributed by atoms with van der Waals surface area (Å²) in [6.07, 6.45) is 4.10. The zero-order valence-electron chi connectivity index (χ0n) is 5.92. The van der Waals surface area contributed by atoms with Crippen molar-refractivity contribution in [2.24, 2.45) is 11.7 Å². The molecule has 2 nitrogen and oxygen atoms in total. The number of aliphatic hydroxyl groups is 1. The average Bonchev–Trinajstić information content (AvgIpc) is 2.22. The van der Waals surface area contributed by atoms with Gasteiger partial charge < -0.3 is 10.8 Å². The van der Waals surface area contributed by atoms with Crippen molar-refractivity contribution >= 4 is 12.4 Å². The maximum atomic E-state index is 9.35. The number of halogens is 1. The molecule has 3 heteroatoms. The predicted octanol–water partition coefficient (Wildman–Crippen LogP) is 0.670. The summed E-state index contributed by atoms with van der Waals surface area (Å²) in [5, 5.41) is 9.35. The zero-order chi connectivity index (χ0) is 6.48. The van der Waals surface area contributed by atoms with Gasteiger partial charge in [-0.15, -0.1) is 12.4 Å². The van der Waals surface area contributed by atoms with Crippen molar-refractivity contribution in [3.05, 3.63) is 0 Å². The quantitative estimate of drug-likeness (QED) is 0.552. The summed E-state index contributed by atoms with van der Waals surface area (Å²) in [4.78, 5) is 0. The van der Waals surface area contributed by atoms with Crippen LogP contribution in [0.3, 0.4) is 0 Å². The minimum absolute atomic E-state index is 0. The molecule has 0 aliphatic heterocycles. The Morgan fingerprint density at radius 3 is 2.40 bits per heavy atom. The molecule has 0 unspecified atom stereocenters. The zero-order valence-corrected chi connectivity index (χ0v) is 6.73. The maximum Gasteiger partial charge on any atom is 0.0722 e. The first-order valence-corrected chi connectivity index (χ1v) is 3.68. The number of aliphatic hydroxyl groups excluding tert-OH is 1. The van der Waals surface area contributed by atoms with Gasteiger partial charge in [-0.2, -0.15) is 0 Å². The predicted molar refractivity (Wildman–Crippen MR) is 42.1 cm³/mol. The second-order valence-corrected chi connectivity index (χ2v) is 3.59. The molecule has 2 rings (SSSR count). The summed E-state index contributed by atoms with van der Waals surface area (Å²) in [5.41, 5.74) is 5.72. The van der Waals surface area contributed by atoms with E-state index in [0.717, 1.165) is 25.2 Å². The van der Waals surface area contributed by atoms with Crippen molar-refractivity contribution in [1.29, 1.82) is 0 Å². The molecule has 0 amide bonds. The number of hydrogen-bond acceptors (Lipinski definition) is 2. The van der Waals surface area contributed by atoms with Crippen molar-refractivity contribution in [3.8, 4) is 0 Å². The van der Waals surface area contributed by atoms with Crippen LogP contribution < -0.4 is 5.73 Å². The van der Waals surface area contributed by atoms with Crippen LogP contribution in [0, 0.1) is 5.92 Å². The molecule has 2 bridgehead atoms. The lowest BCUT2D eigenvalue weighted by atomic mass is 9.92. The van der Waals surface area contributed by atoms with E-state index < -0.39 is 0 Å². The Bertz CT molecular complexity index is 142. The van der Waals surface area contributed by atoms with Crippen molar-refractivity contribution in [3.63, 3.8) is 0 Å². The second-order valence-electron chi connectivity index (χ2n) is 3.59. The van der Waals surface area contributed by atoms with Crippen LogP contribution in [-0.4, -0.2) is 16.7 Å². The van der Waals surface area contributed by atoms with E-state index in [-0.39, 0.29) is 24.0 Å². The van der Waals surface area contributed by atoms with E-state index in [9.17, 15) is 5.11 Å². The molecule has 10 heavy (non-hydrogen) atoms. The van der Waals surface area contributed by atoms with Gasteiger partial charge >= 0.3 is 0 Å². The summed E-state index contributed by atoms with van der Waals surface area (Å²) in [6.45, 7) is 0. The Hall–Kier alpha value is 0.210. The number of rotatable bonds is 0. The Morgan fingerprint density at radius 1 is 1.50 bits per heavy atom. The number of fused-ring (bicyclic) bond motifs is 2. The summed E-state index contributed by atoms with van der Waals surface area (Å²) in [6, 6.07) is 0. The normalized spacial score (nSPS) is 51.0. The molecule has 0 spiro atoms. The maximum absolute atomic E-state index is 9.35. The molecule has 2 aliphatic rings. The molecule has 0 aromatic rings. The van der Waals surface area contributed by atoms with Crippen LogP contribution in [0.2, 0.25) is 0 Å². The van der Waals surface area contributed by atoms with Gasteiger partial charge in [-0.25, -0.2) is 0 Å². The first-order valence-electron chi connectivity index (χ1n) is 3.68. The SMILES string of the molecule is Cl.N[C@]12CC[C@H](C[C@@H]1O)C2. The average molecular weight is 164 g/mol. The lowest BCUT2D eigenvalue weighted by molar-refractivity contribution is 0.0931. The van der Waals surface area contributed by atoms with Gasteiger partial charge in [0.15, 0.2) is 0 Å². The van der Waals surface area contributed by atoms with Gasteiger partial charge in [0, 0.05) is 5.54 Å².